The molecular weight excluding hydrogens is 426 g/mol. The van der Waals surface area contributed by atoms with E-state index in [1.165, 1.54) is 12.1 Å². The topological polar surface area (TPSA) is 58.6 Å². The summed E-state index contributed by atoms with van der Waals surface area (Å²) in [4.78, 5) is 28.0. The number of methoxy groups -OCH3 is 1. The van der Waals surface area contributed by atoms with E-state index in [4.69, 9.17) is 4.74 Å². The number of benzene rings is 3. The molecule has 1 heterocycles. The summed E-state index contributed by atoms with van der Waals surface area (Å²) in [6, 6.07) is 13.8. The number of halogens is 2. The summed E-state index contributed by atoms with van der Waals surface area (Å²) in [6.07, 6.45) is 1.33. The smallest absolute Gasteiger partial charge is 0.254 e. The highest BCUT2D eigenvalue weighted by atomic mass is 19.1. The molecular formula is C26H26F2N2O3. The van der Waals surface area contributed by atoms with Gasteiger partial charge in [0.1, 0.15) is 17.4 Å². The molecule has 0 aromatic heterocycles. The maximum absolute atomic E-state index is 14.1. The second kappa shape index (κ2) is 9.57. The number of nitrogens with zero attached hydrogens (tertiary/aromatic N) is 1. The SMILES string of the molecule is COc1ccc(C(=O)N2CCC[C@H](C(=O)N[C@@H](C)c3ccc(F)cc3F)C2)c2ccccc12. The van der Waals surface area contributed by atoms with Gasteiger partial charge in [-0.2, -0.15) is 0 Å². The molecule has 1 aliphatic heterocycles. The summed E-state index contributed by atoms with van der Waals surface area (Å²) < 4.78 is 32.7. The number of likely N-dealkylation sites (tertiary alicyclic amines) is 1. The van der Waals surface area contributed by atoms with Gasteiger partial charge in [0.2, 0.25) is 5.91 Å². The van der Waals surface area contributed by atoms with Crippen molar-refractivity contribution in [1.29, 1.82) is 0 Å². The standard InChI is InChI=1S/C26H26F2N2O3/c1-16(19-10-9-18(27)14-23(19)28)29-25(31)17-6-5-13-30(15-17)26(32)22-11-12-24(33-2)21-8-4-3-7-20(21)22/h3-4,7-12,14,16-17H,5-6,13,15H2,1-2H3,(H,29,31)/t16-,17-/m0/s1. The average molecular weight is 453 g/mol. The lowest BCUT2D eigenvalue weighted by molar-refractivity contribution is -0.127. The number of hydrogen-bond donors (Lipinski definition) is 1. The molecule has 33 heavy (non-hydrogen) atoms. The normalized spacial score (nSPS) is 17.0. The molecule has 1 fully saturated rings. The lowest BCUT2D eigenvalue weighted by Gasteiger charge is -2.33. The van der Waals surface area contributed by atoms with Crippen molar-refractivity contribution in [3.8, 4) is 5.75 Å². The van der Waals surface area contributed by atoms with Crippen LogP contribution in [0, 0.1) is 17.6 Å². The first-order valence-corrected chi connectivity index (χ1v) is 11.0. The minimum Gasteiger partial charge on any atom is -0.496 e. The summed E-state index contributed by atoms with van der Waals surface area (Å²) in [5.41, 5.74) is 0.785. The molecule has 0 bridgehead atoms. The highest BCUT2D eigenvalue weighted by molar-refractivity contribution is 6.08. The molecule has 2 amide bonds. The van der Waals surface area contributed by atoms with Gasteiger partial charge in [-0.15, -0.1) is 0 Å². The summed E-state index contributed by atoms with van der Waals surface area (Å²) in [6.45, 7) is 2.50. The van der Waals surface area contributed by atoms with E-state index in [1.54, 1.807) is 31.1 Å². The Labute approximate surface area is 191 Å². The van der Waals surface area contributed by atoms with Gasteiger partial charge in [0.15, 0.2) is 0 Å². The second-order valence-electron chi connectivity index (χ2n) is 8.35. The first kappa shape index (κ1) is 22.7. The largest absolute Gasteiger partial charge is 0.496 e. The van der Waals surface area contributed by atoms with Gasteiger partial charge in [-0.1, -0.05) is 30.3 Å². The average Bonchev–Trinajstić information content (AvgIpc) is 2.82. The van der Waals surface area contributed by atoms with Crippen LogP contribution >= 0.6 is 0 Å². The van der Waals surface area contributed by atoms with Crippen LogP contribution in [0.5, 0.6) is 5.75 Å². The van der Waals surface area contributed by atoms with Gasteiger partial charge in [0.05, 0.1) is 19.1 Å². The van der Waals surface area contributed by atoms with Crippen LogP contribution in [0.4, 0.5) is 8.78 Å². The van der Waals surface area contributed by atoms with E-state index in [2.05, 4.69) is 5.32 Å². The molecule has 1 saturated heterocycles. The fourth-order valence-electron chi connectivity index (χ4n) is 4.44. The number of carbonyl (C=O) groups excluding carboxylic acids is 2. The van der Waals surface area contributed by atoms with Gasteiger partial charge in [-0.3, -0.25) is 9.59 Å². The van der Waals surface area contributed by atoms with E-state index < -0.39 is 23.6 Å². The zero-order valence-corrected chi connectivity index (χ0v) is 18.6. The van der Waals surface area contributed by atoms with E-state index in [0.29, 0.717) is 30.7 Å². The van der Waals surface area contributed by atoms with E-state index in [1.807, 2.05) is 24.3 Å². The van der Waals surface area contributed by atoms with Crippen molar-refractivity contribution in [2.75, 3.05) is 20.2 Å². The molecule has 1 aliphatic rings. The third-order valence-corrected chi connectivity index (χ3v) is 6.20. The molecule has 3 aromatic rings. The number of carbonyl (C=O) groups is 2. The predicted molar refractivity (Wildman–Crippen MR) is 122 cm³/mol. The molecule has 2 atom stereocenters. The van der Waals surface area contributed by atoms with Crippen LogP contribution in [0.15, 0.2) is 54.6 Å². The molecule has 0 spiro atoms. The monoisotopic (exact) mass is 452 g/mol. The lowest BCUT2D eigenvalue weighted by atomic mass is 9.95. The van der Waals surface area contributed by atoms with Crippen LogP contribution < -0.4 is 10.1 Å². The van der Waals surface area contributed by atoms with Crippen LogP contribution in [-0.4, -0.2) is 36.9 Å². The predicted octanol–water partition coefficient (Wildman–Crippen LogP) is 4.86. The Morgan fingerprint density at radius 3 is 2.58 bits per heavy atom. The molecule has 1 N–H and O–H groups in total. The molecule has 7 heteroatoms. The van der Waals surface area contributed by atoms with Crippen LogP contribution in [0.25, 0.3) is 10.8 Å². The van der Waals surface area contributed by atoms with Crippen molar-refractivity contribution in [2.45, 2.75) is 25.8 Å². The van der Waals surface area contributed by atoms with Crippen molar-refractivity contribution < 1.29 is 23.1 Å². The highest BCUT2D eigenvalue weighted by Gasteiger charge is 2.30. The number of piperidine rings is 1. The van der Waals surface area contributed by atoms with Gasteiger partial charge in [-0.25, -0.2) is 8.78 Å². The van der Waals surface area contributed by atoms with Gasteiger partial charge in [0.25, 0.3) is 5.91 Å². The molecule has 0 aliphatic carbocycles. The van der Waals surface area contributed by atoms with Gasteiger partial charge in [0, 0.05) is 35.7 Å². The van der Waals surface area contributed by atoms with Gasteiger partial charge in [-0.05, 0) is 43.4 Å². The molecule has 0 radical (unpaired) electrons. The maximum Gasteiger partial charge on any atom is 0.254 e. The van der Waals surface area contributed by atoms with E-state index in [0.717, 1.165) is 16.8 Å². The number of amides is 2. The molecule has 172 valence electrons. The highest BCUT2D eigenvalue weighted by Crippen LogP contribution is 2.30. The summed E-state index contributed by atoms with van der Waals surface area (Å²) in [5, 5.41) is 4.47. The first-order valence-electron chi connectivity index (χ1n) is 11.0. The van der Waals surface area contributed by atoms with Crippen LogP contribution in [-0.2, 0) is 4.79 Å². The van der Waals surface area contributed by atoms with Crippen molar-refractivity contribution in [1.82, 2.24) is 10.2 Å². The quantitative estimate of drug-likeness (QED) is 0.602. The maximum atomic E-state index is 14.1. The number of fused-ring (bicyclic) bond motifs is 1. The summed E-state index contributed by atoms with van der Waals surface area (Å²) >= 11 is 0. The van der Waals surface area contributed by atoms with Crippen LogP contribution in [0.1, 0.15) is 41.7 Å². The Hall–Kier alpha value is -3.48. The van der Waals surface area contributed by atoms with Crippen molar-refractivity contribution in [3.05, 3.63) is 77.4 Å². The third-order valence-electron chi connectivity index (χ3n) is 6.20. The minimum absolute atomic E-state index is 0.135. The summed E-state index contributed by atoms with van der Waals surface area (Å²) in [5.74, 6) is -1.46. The summed E-state index contributed by atoms with van der Waals surface area (Å²) in [7, 11) is 1.59. The molecule has 4 rings (SSSR count). The van der Waals surface area contributed by atoms with Crippen LogP contribution in [0.3, 0.4) is 0 Å². The van der Waals surface area contributed by atoms with Gasteiger partial charge < -0.3 is 15.0 Å². The molecule has 0 unspecified atom stereocenters. The van der Waals surface area contributed by atoms with E-state index in [9.17, 15) is 18.4 Å². The molecule has 3 aromatic carbocycles. The van der Waals surface area contributed by atoms with Crippen LogP contribution in [0.2, 0.25) is 0 Å². The number of hydrogen-bond acceptors (Lipinski definition) is 3. The Bertz CT molecular complexity index is 1200. The minimum atomic E-state index is -0.699. The zero-order valence-electron chi connectivity index (χ0n) is 18.6. The fourth-order valence-corrected chi connectivity index (χ4v) is 4.44. The second-order valence-corrected chi connectivity index (χ2v) is 8.35. The molecule has 0 saturated carbocycles. The number of rotatable bonds is 5. The Morgan fingerprint density at radius 2 is 1.85 bits per heavy atom. The third kappa shape index (κ3) is 4.67. The fraction of sp³-hybridized carbons (Fsp3) is 0.308. The van der Waals surface area contributed by atoms with Crippen molar-refractivity contribution >= 4 is 22.6 Å². The zero-order chi connectivity index (χ0) is 23.5. The Morgan fingerprint density at radius 1 is 1.09 bits per heavy atom. The number of ether oxygens (including phenoxy) is 1. The van der Waals surface area contributed by atoms with Crippen molar-refractivity contribution in [2.24, 2.45) is 5.92 Å². The van der Waals surface area contributed by atoms with Crippen molar-refractivity contribution in [3.63, 3.8) is 0 Å². The number of nitrogens with one attached hydrogen (secondary N) is 1. The van der Waals surface area contributed by atoms with E-state index in [-0.39, 0.29) is 23.9 Å². The van der Waals surface area contributed by atoms with Gasteiger partial charge >= 0.3 is 0 Å². The Balaban J connectivity index is 1.49. The lowest BCUT2D eigenvalue weighted by Crippen LogP contribution is -2.46. The first-order chi connectivity index (χ1) is 15.9. The molecule has 5 nitrogen and oxygen atoms in total. The Kier molecular flexibility index (Phi) is 6.58. The van der Waals surface area contributed by atoms with E-state index >= 15 is 0 Å².